The van der Waals surface area contributed by atoms with Gasteiger partial charge in [-0.3, -0.25) is 4.79 Å². The largest absolute Gasteiger partial charge is 0.480 e. The third-order valence-corrected chi connectivity index (χ3v) is 2.77. The van der Waals surface area contributed by atoms with Gasteiger partial charge in [0.15, 0.2) is 0 Å². The van der Waals surface area contributed by atoms with Gasteiger partial charge < -0.3 is 21.5 Å². The topological polar surface area (TPSA) is 122 Å². The molecular weight excluding hydrogens is 274 g/mol. The molecule has 0 aliphatic heterocycles. The second kappa shape index (κ2) is 7.88. The minimum atomic E-state index is -1.13. The molecule has 0 fully saturated rings. The predicted octanol–water partition coefficient (Wildman–Crippen LogP) is 0.245. The lowest BCUT2D eigenvalue weighted by Gasteiger charge is -2.17. The van der Waals surface area contributed by atoms with Crippen molar-refractivity contribution in [1.82, 2.24) is 10.6 Å². The molecule has 1 rings (SSSR count). The summed E-state index contributed by atoms with van der Waals surface area (Å²) < 4.78 is 0. The van der Waals surface area contributed by atoms with Gasteiger partial charge in [-0.1, -0.05) is 30.3 Å². The lowest BCUT2D eigenvalue weighted by molar-refractivity contribution is -0.139. The van der Waals surface area contributed by atoms with Crippen molar-refractivity contribution in [3.05, 3.63) is 35.9 Å². The fraction of sp³-hybridized carbons (Fsp3) is 0.357. The van der Waals surface area contributed by atoms with E-state index >= 15 is 0 Å². The molecular formula is C14H19N3O4. The van der Waals surface area contributed by atoms with Crippen LogP contribution in [0.15, 0.2) is 30.3 Å². The van der Waals surface area contributed by atoms with Gasteiger partial charge in [-0.2, -0.15) is 0 Å². The van der Waals surface area contributed by atoms with Gasteiger partial charge >= 0.3 is 12.0 Å². The zero-order valence-corrected chi connectivity index (χ0v) is 11.7. The van der Waals surface area contributed by atoms with E-state index in [0.29, 0.717) is 0 Å². The number of nitrogens with two attached hydrogens (primary N) is 1. The maximum atomic E-state index is 11.7. The summed E-state index contributed by atoms with van der Waals surface area (Å²) in [6.45, 7) is 1.61. The van der Waals surface area contributed by atoms with Crippen molar-refractivity contribution in [2.75, 3.05) is 0 Å². The Bertz CT molecular complexity index is 504. The average Bonchev–Trinajstić information content (AvgIpc) is 2.37. The van der Waals surface area contributed by atoms with Gasteiger partial charge in [0.25, 0.3) is 0 Å². The van der Waals surface area contributed by atoms with Gasteiger partial charge in [-0.15, -0.1) is 0 Å². The summed E-state index contributed by atoms with van der Waals surface area (Å²) in [6, 6.07) is 6.82. The molecule has 3 amide bonds. The number of carboxylic acids is 1. The first-order valence-corrected chi connectivity index (χ1v) is 6.50. The number of carbonyl (C=O) groups is 3. The van der Waals surface area contributed by atoms with Gasteiger partial charge in [0, 0.05) is 18.9 Å². The van der Waals surface area contributed by atoms with E-state index in [0.717, 1.165) is 5.56 Å². The lowest BCUT2D eigenvalue weighted by Crippen LogP contribution is -2.49. The molecule has 5 N–H and O–H groups in total. The predicted molar refractivity (Wildman–Crippen MR) is 76.5 cm³/mol. The lowest BCUT2D eigenvalue weighted by atomic mass is 10.1. The van der Waals surface area contributed by atoms with E-state index in [2.05, 4.69) is 10.6 Å². The second-order valence-electron chi connectivity index (χ2n) is 4.77. The van der Waals surface area contributed by atoms with Crippen molar-refractivity contribution < 1.29 is 19.5 Å². The Balaban J connectivity index is 2.56. The molecule has 0 saturated heterocycles. The number of rotatable bonds is 7. The molecule has 2 atom stereocenters. The summed E-state index contributed by atoms with van der Waals surface area (Å²) in [5.41, 5.74) is 5.82. The van der Waals surface area contributed by atoms with Crippen molar-refractivity contribution in [2.45, 2.75) is 31.8 Å². The first kappa shape index (κ1) is 16.5. The number of urea groups is 1. The van der Waals surface area contributed by atoms with Crippen molar-refractivity contribution >= 4 is 17.9 Å². The summed E-state index contributed by atoms with van der Waals surface area (Å²) in [5, 5.41) is 14.0. The van der Waals surface area contributed by atoms with Crippen LogP contribution in [0, 0.1) is 0 Å². The molecule has 0 aliphatic carbocycles. The number of carbonyl (C=O) groups excluding carboxylic acids is 2. The summed E-state index contributed by atoms with van der Waals surface area (Å²) >= 11 is 0. The highest BCUT2D eigenvalue weighted by Crippen LogP contribution is 2.03. The first-order chi connectivity index (χ1) is 9.88. The Morgan fingerprint density at radius 3 is 2.33 bits per heavy atom. The highest BCUT2D eigenvalue weighted by atomic mass is 16.4. The van der Waals surface area contributed by atoms with Crippen LogP contribution in [0.2, 0.25) is 0 Å². The molecule has 1 aromatic carbocycles. The van der Waals surface area contributed by atoms with Gasteiger partial charge in [0.05, 0.1) is 0 Å². The Morgan fingerprint density at radius 1 is 1.19 bits per heavy atom. The maximum Gasteiger partial charge on any atom is 0.326 e. The van der Waals surface area contributed by atoms with Crippen molar-refractivity contribution in [3.8, 4) is 0 Å². The van der Waals surface area contributed by atoms with Gasteiger partial charge in [-0.25, -0.2) is 9.59 Å². The SMILES string of the molecule is CC(CC(N)=O)NC(=O)NC(Cc1ccccc1)C(=O)O. The number of carboxylic acid groups (broad SMARTS) is 1. The molecule has 7 nitrogen and oxygen atoms in total. The molecule has 21 heavy (non-hydrogen) atoms. The van der Waals surface area contributed by atoms with Crippen LogP contribution in [0.3, 0.4) is 0 Å². The van der Waals surface area contributed by atoms with E-state index in [1.165, 1.54) is 0 Å². The molecule has 0 spiro atoms. The second-order valence-corrected chi connectivity index (χ2v) is 4.77. The van der Waals surface area contributed by atoms with E-state index in [1.807, 2.05) is 6.07 Å². The molecule has 2 unspecified atom stereocenters. The molecule has 7 heteroatoms. The van der Waals surface area contributed by atoms with Crippen molar-refractivity contribution in [3.63, 3.8) is 0 Å². The van der Waals surface area contributed by atoms with E-state index in [4.69, 9.17) is 10.8 Å². The van der Waals surface area contributed by atoms with Crippen molar-refractivity contribution in [1.29, 1.82) is 0 Å². The van der Waals surface area contributed by atoms with E-state index in [9.17, 15) is 14.4 Å². The Hall–Kier alpha value is -2.57. The Kier molecular flexibility index (Phi) is 6.19. The summed E-state index contributed by atoms with van der Waals surface area (Å²) in [4.78, 5) is 33.6. The Morgan fingerprint density at radius 2 is 1.81 bits per heavy atom. The van der Waals surface area contributed by atoms with Crippen LogP contribution < -0.4 is 16.4 Å². The molecule has 114 valence electrons. The highest BCUT2D eigenvalue weighted by molar-refractivity contribution is 5.83. The van der Waals surface area contributed by atoms with E-state index in [-0.39, 0.29) is 12.8 Å². The monoisotopic (exact) mass is 293 g/mol. The summed E-state index contributed by atoms with van der Waals surface area (Å²) in [7, 11) is 0. The van der Waals surface area contributed by atoms with Gasteiger partial charge in [0.2, 0.25) is 5.91 Å². The molecule has 0 aromatic heterocycles. The van der Waals surface area contributed by atoms with Crippen LogP contribution in [0.5, 0.6) is 0 Å². The molecule has 0 bridgehead atoms. The minimum Gasteiger partial charge on any atom is -0.480 e. The fourth-order valence-corrected chi connectivity index (χ4v) is 1.83. The van der Waals surface area contributed by atoms with E-state index in [1.54, 1.807) is 31.2 Å². The van der Waals surface area contributed by atoms with Crippen LogP contribution in [-0.2, 0) is 16.0 Å². The number of benzene rings is 1. The smallest absolute Gasteiger partial charge is 0.326 e. The fourth-order valence-electron chi connectivity index (χ4n) is 1.83. The summed E-state index contributed by atoms with van der Waals surface area (Å²) in [6.07, 6.45) is 0.164. The zero-order chi connectivity index (χ0) is 15.8. The number of primary amides is 1. The van der Waals surface area contributed by atoms with Crippen LogP contribution in [0.4, 0.5) is 4.79 Å². The number of nitrogens with one attached hydrogen (secondary N) is 2. The number of hydrogen-bond donors (Lipinski definition) is 4. The highest BCUT2D eigenvalue weighted by Gasteiger charge is 2.21. The van der Waals surface area contributed by atoms with Crippen LogP contribution in [0.25, 0.3) is 0 Å². The average molecular weight is 293 g/mol. The maximum absolute atomic E-state index is 11.7. The van der Waals surface area contributed by atoms with Crippen LogP contribution in [0.1, 0.15) is 18.9 Å². The third kappa shape index (κ3) is 6.42. The minimum absolute atomic E-state index is 0.0101. The zero-order valence-electron chi connectivity index (χ0n) is 11.7. The Labute approximate surface area is 122 Å². The van der Waals surface area contributed by atoms with Crippen molar-refractivity contribution in [2.24, 2.45) is 5.73 Å². The molecule has 1 aromatic rings. The molecule has 0 radical (unpaired) electrons. The number of aliphatic carboxylic acids is 1. The van der Waals surface area contributed by atoms with Crippen LogP contribution >= 0.6 is 0 Å². The molecule has 0 saturated carbocycles. The van der Waals surface area contributed by atoms with Gasteiger partial charge in [-0.05, 0) is 12.5 Å². The quantitative estimate of drug-likeness (QED) is 0.575. The standard InChI is InChI=1S/C14H19N3O4/c1-9(7-12(15)18)16-14(21)17-11(13(19)20)8-10-5-3-2-4-6-10/h2-6,9,11H,7-8H2,1H3,(H2,15,18)(H,19,20)(H2,16,17,21). The first-order valence-electron chi connectivity index (χ1n) is 6.50. The molecule has 0 aliphatic rings. The van der Waals surface area contributed by atoms with Crippen LogP contribution in [-0.4, -0.2) is 35.1 Å². The summed E-state index contributed by atoms with van der Waals surface area (Å²) in [5.74, 6) is -1.67. The van der Waals surface area contributed by atoms with Gasteiger partial charge in [0.1, 0.15) is 6.04 Å². The van der Waals surface area contributed by atoms with E-state index < -0.39 is 30.0 Å². The molecule has 0 heterocycles. The number of hydrogen-bond acceptors (Lipinski definition) is 3. The number of amides is 3. The normalized spacial score (nSPS) is 13.0. The third-order valence-electron chi connectivity index (χ3n) is 2.77.